The van der Waals surface area contributed by atoms with E-state index in [1.807, 2.05) is 11.8 Å². The van der Waals surface area contributed by atoms with E-state index in [1.54, 1.807) is 0 Å². The molecular weight excluding hydrogens is 270 g/mol. The van der Waals surface area contributed by atoms with Crippen LogP contribution in [0.15, 0.2) is 5.16 Å². The molecule has 1 fully saturated rings. The van der Waals surface area contributed by atoms with Crippen molar-refractivity contribution in [2.24, 2.45) is 22.7 Å². The summed E-state index contributed by atoms with van der Waals surface area (Å²) < 4.78 is 5.52. The molecule has 122 valence electrons. The van der Waals surface area contributed by atoms with E-state index in [0.29, 0.717) is 43.9 Å². The number of nitrogens with two attached hydrogens (primary N) is 1. The second-order valence-corrected chi connectivity index (χ2v) is 6.19. The summed E-state index contributed by atoms with van der Waals surface area (Å²) in [4.78, 5) is 14.2. The van der Waals surface area contributed by atoms with Crippen LogP contribution in [0, 0.1) is 11.8 Å². The number of amidine groups is 1. The molecule has 21 heavy (non-hydrogen) atoms. The van der Waals surface area contributed by atoms with Crippen LogP contribution in [0.5, 0.6) is 0 Å². The number of amides is 1. The van der Waals surface area contributed by atoms with E-state index in [-0.39, 0.29) is 11.7 Å². The molecule has 0 aromatic carbocycles. The zero-order valence-electron chi connectivity index (χ0n) is 13.4. The van der Waals surface area contributed by atoms with Crippen LogP contribution in [0.3, 0.4) is 0 Å². The maximum Gasteiger partial charge on any atom is 0.222 e. The van der Waals surface area contributed by atoms with Gasteiger partial charge in [0.15, 0.2) is 0 Å². The Bertz CT molecular complexity index is 352. The van der Waals surface area contributed by atoms with Crippen molar-refractivity contribution in [1.29, 1.82) is 0 Å². The van der Waals surface area contributed by atoms with Gasteiger partial charge in [0.25, 0.3) is 0 Å². The number of carbonyl (C=O) groups excluding carboxylic acids is 1. The molecular formula is C15H29N3O3. The molecule has 1 aliphatic carbocycles. The van der Waals surface area contributed by atoms with Gasteiger partial charge in [-0.3, -0.25) is 4.79 Å². The summed E-state index contributed by atoms with van der Waals surface area (Å²) in [7, 11) is 0. The minimum absolute atomic E-state index is 0.161. The van der Waals surface area contributed by atoms with Crippen molar-refractivity contribution in [3.05, 3.63) is 0 Å². The van der Waals surface area contributed by atoms with E-state index < -0.39 is 0 Å². The number of hydrogen-bond donors (Lipinski definition) is 2. The standard InChI is InChI=1S/C15H29N3O3/c1-4-21-13-7-12(8-13)9-15(19)18(10-11(2)3)6-5-14(16)17-20/h11-13,20H,4-10H2,1-3H3,(H2,16,17). The quantitative estimate of drug-likeness (QED) is 0.294. The van der Waals surface area contributed by atoms with Crippen molar-refractivity contribution in [3.8, 4) is 0 Å². The Morgan fingerprint density at radius 1 is 1.48 bits per heavy atom. The monoisotopic (exact) mass is 299 g/mol. The Kier molecular flexibility index (Phi) is 7.50. The third-order valence-electron chi connectivity index (χ3n) is 3.76. The van der Waals surface area contributed by atoms with E-state index in [0.717, 1.165) is 19.4 Å². The SMILES string of the molecule is CCOC1CC(CC(=O)N(CCC(N)=NO)CC(C)C)C1. The Morgan fingerprint density at radius 2 is 2.14 bits per heavy atom. The van der Waals surface area contributed by atoms with Crippen molar-refractivity contribution in [2.75, 3.05) is 19.7 Å². The molecule has 6 heteroatoms. The molecule has 0 aliphatic heterocycles. The fourth-order valence-electron chi connectivity index (χ4n) is 2.65. The highest BCUT2D eigenvalue weighted by molar-refractivity contribution is 5.81. The van der Waals surface area contributed by atoms with E-state index in [1.165, 1.54) is 0 Å². The van der Waals surface area contributed by atoms with Crippen molar-refractivity contribution >= 4 is 11.7 Å². The summed E-state index contributed by atoms with van der Waals surface area (Å²) >= 11 is 0. The zero-order chi connectivity index (χ0) is 15.8. The predicted molar refractivity (Wildman–Crippen MR) is 82.2 cm³/mol. The first-order valence-electron chi connectivity index (χ1n) is 7.82. The molecule has 0 unspecified atom stereocenters. The number of ether oxygens (including phenoxy) is 1. The van der Waals surface area contributed by atoms with Crippen LogP contribution in [0.25, 0.3) is 0 Å². The average Bonchev–Trinajstić information content (AvgIpc) is 2.40. The lowest BCUT2D eigenvalue weighted by Crippen LogP contribution is -2.40. The molecule has 0 spiro atoms. The largest absolute Gasteiger partial charge is 0.409 e. The van der Waals surface area contributed by atoms with Crippen LogP contribution in [0.4, 0.5) is 0 Å². The second kappa shape index (κ2) is 8.87. The fraction of sp³-hybridized carbons (Fsp3) is 0.867. The Balaban J connectivity index is 2.40. The number of carbonyl (C=O) groups is 1. The molecule has 0 heterocycles. The molecule has 0 aromatic rings. The molecule has 0 saturated heterocycles. The van der Waals surface area contributed by atoms with Gasteiger partial charge in [-0.2, -0.15) is 0 Å². The number of oxime groups is 1. The highest BCUT2D eigenvalue weighted by Crippen LogP contribution is 2.33. The van der Waals surface area contributed by atoms with Crippen molar-refractivity contribution in [2.45, 2.75) is 52.6 Å². The van der Waals surface area contributed by atoms with Gasteiger partial charge in [0, 0.05) is 32.5 Å². The third-order valence-corrected chi connectivity index (χ3v) is 3.76. The van der Waals surface area contributed by atoms with E-state index >= 15 is 0 Å². The third kappa shape index (κ3) is 6.33. The molecule has 6 nitrogen and oxygen atoms in total. The van der Waals surface area contributed by atoms with Crippen LogP contribution in [0.1, 0.15) is 46.5 Å². The number of hydrogen-bond acceptors (Lipinski definition) is 4. The molecule has 0 bridgehead atoms. The maximum atomic E-state index is 12.4. The van der Waals surface area contributed by atoms with Gasteiger partial charge >= 0.3 is 0 Å². The summed E-state index contributed by atoms with van der Waals surface area (Å²) in [6.45, 7) is 8.12. The minimum Gasteiger partial charge on any atom is -0.409 e. The van der Waals surface area contributed by atoms with Gasteiger partial charge in [-0.1, -0.05) is 19.0 Å². The van der Waals surface area contributed by atoms with Gasteiger partial charge in [0.05, 0.1) is 6.10 Å². The van der Waals surface area contributed by atoms with Gasteiger partial charge in [0.1, 0.15) is 5.84 Å². The van der Waals surface area contributed by atoms with Gasteiger partial charge in [0.2, 0.25) is 5.91 Å². The zero-order valence-corrected chi connectivity index (χ0v) is 13.4. The summed E-state index contributed by atoms with van der Waals surface area (Å²) in [6.07, 6.45) is 3.28. The van der Waals surface area contributed by atoms with Crippen LogP contribution in [-0.2, 0) is 9.53 Å². The average molecular weight is 299 g/mol. The van der Waals surface area contributed by atoms with Gasteiger partial charge in [-0.05, 0) is 31.6 Å². The van der Waals surface area contributed by atoms with Crippen LogP contribution >= 0.6 is 0 Å². The van der Waals surface area contributed by atoms with Crippen LogP contribution in [-0.4, -0.2) is 47.7 Å². The molecule has 1 rings (SSSR count). The summed E-state index contributed by atoms with van der Waals surface area (Å²) in [5, 5.41) is 11.5. The lowest BCUT2D eigenvalue weighted by atomic mass is 9.79. The number of nitrogens with zero attached hydrogens (tertiary/aromatic N) is 2. The molecule has 0 radical (unpaired) electrons. The van der Waals surface area contributed by atoms with Crippen LogP contribution in [0.2, 0.25) is 0 Å². The van der Waals surface area contributed by atoms with Gasteiger partial charge in [-0.25, -0.2) is 0 Å². The van der Waals surface area contributed by atoms with Gasteiger partial charge in [-0.15, -0.1) is 0 Å². The van der Waals surface area contributed by atoms with Crippen molar-refractivity contribution < 1.29 is 14.7 Å². The first kappa shape index (κ1) is 17.8. The van der Waals surface area contributed by atoms with Gasteiger partial charge < -0.3 is 20.6 Å². The summed E-state index contributed by atoms with van der Waals surface area (Å²) in [6, 6.07) is 0. The Hall–Kier alpha value is -1.30. The molecule has 1 amide bonds. The normalized spacial score (nSPS) is 22.2. The highest BCUT2D eigenvalue weighted by Gasteiger charge is 2.32. The van der Waals surface area contributed by atoms with Crippen molar-refractivity contribution in [3.63, 3.8) is 0 Å². The molecule has 3 N–H and O–H groups in total. The molecule has 1 saturated carbocycles. The first-order valence-corrected chi connectivity index (χ1v) is 7.82. The summed E-state index contributed by atoms with van der Waals surface area (Å²) in [5.74, 6) is 1.16. The van der Waals surface area contributed by atoms with Crippen LogP contribution < -0.4 is 5.73 Å². The smallest absolute Gasteiger partial charge is 0.222 e. The Labute approximate surface area is 127 Å². The number of rotatable bonds is 9. The highest BCUT2D eigenvalue weighted by atomic mass is 16.5. The first-order chi connectivity index (χ1) is 9.96. The minimum atomic E-state index is 0.161. The van der Waals surface area contributed by atoms with E-state index in [2.05, 4.69) is 19.0 Å². The molecule has 0 atom stereocenters. The van der Waals surface area contributed by atoms with E-state index in [4.69, 9.17) is 15.7 Å². The lowest BCUT2D eigenvalue weighted by Gasteiger charge is -2.36. The molecule has 0 aromatic heterocycles. The Morgan fingerprint density at radius 3 is 2.67 bits per heavy atom. The topological polar surface area (TPSA) is 88.2 Å². The predicted octanol–water partition coefficient (Wildman–Crippen LogP) is 1.81. The van der Waals surface area contributed by atoms with Crippen molar-refractivity contribution in [1.82, 2.24) is 4.90 Å². The fourth-order valence-corrected chi connectivity index (χ4v) is 2.65. The second-order valence-electron chi connectivity index (χ2n) is 6.19. The lowest BCUT2D eigenvalue weighted by molar-refractivity contribution is -0.135. The maximum absolute atomic E-state index is 12.4. The summed E-state index contributed by atoms with van der Waals surface area (Å²) in [5.41, 5.74) is 5.49. The van der Waals surface area contributed by atoms with E-state index in [9.17, 15) is 4.79 Å². The molecule has 1 aliphatic rings.